The molecule has 0 aliphatic heterocycles. The van der Waals surface area contributed by atoms with Gasteiger partial charge < -0.3 is 5.11 Å². The van der Waals surface area contributed by atoms with Gasteiger partial charge in [0.05, 0.1) is 6.61 Å². The fourth-order valence-electron chi connectivity index (χ4n) is 0.978. The minimum absolute atomic E-state index is 0.131. The average Bonchev–Trinajstić information content (AvgIpc) is 2.04. The predicted molar refractivity (Wildman–Crippen MR) is 42.6 cm³/mol. The molecule has 11 heavy (non-hydrogen) atoms. The molecule has 58 valence electrons. The largest absolute Gasteiger partial charge is 0.392 e. The number of nitrogens with zero attached hydrogens (tertiary/aromatic N) is 1. The highest BCUT2D eigenvalue weighted by atomic mass is 16.3. The van der Waals surface area contributed by atoms with E-state index in [-0.39, 0.29) is 6.61 Å². The van der Waals surface area contributed by atoms with Crippen LogP contribution in [0.4, 0.5) is 5.69 Å². The summed E-state index contributed by atoms with van der Waals surface area (Å²) in [5, 5.41) is 11.6. The first kappa shape index (κ1) is 7.88. The van der Waals surface area contributed by atoms with Crippen LogP contribution >= 0.6 is 0 Å². The molecule has 0 aromatic heterocycles. The topological polar surface area (TPSA) is 49.7 Å². The number of hydrogen-bond donors (Lipinski definition) is 1. The average molecular weight is 151 g/mol. The Kier molecular flexibility index (Phi) is 2.33. The molecule has 0 fully saturated rings. The molecule has 0 aliphatic rings. The minimum atomic E-state index is -0.131. The van der Waals surface area contributed by atoms with E-state index >= 15 is 0 Å². The SMILES string of the molecule is Cc1cccc(N=O)c1CO. The quantitative estimate of drug-likeness (QED) is 0.656. The van der Waals surface area contributed by atoms with Crippen molar-refractivity contribution in [3.8, 4) is 0 Å². The summed E-state index contributed by atoms with van der Waals surface area (Å²) >= 11 is 0. The van der Waals surface area contributed by atoms with Crippen molar-refractivity contribution < 1.29 is 5.11 Å². The molecular formula is C8H9NO2. The second-order valence-electron chi connectivity index (χ2n) is 2.32. The maximum atomic E-state index is 10.2. The Morgan fingerprint density at radius 1 is 1.55 bits per heavy atom. The lowest BCUT2D eigenvalue weighted by Gasteiger charge is -2.02. The molecule has 1 aromatic carbocycles. The Balaban J connectivity index is 3.23. The molecule has 0 heterocycles. The van der Waals surface area contributed by atoms with Crippen LogP contribution in [-0.4, -0.2) is 5.11 Å². The van der Waals surface area contributed by atoms with E-state index in [1.54, 1.807) is 12.1 Å². The number of aliphatic hydroxyl groups excluding tert-OH is 1. The Labute approximate surface area is 64.7 Å². The second-order valence-corrected chi connectivity index (χ2v) is 2.32. The van der Waals surface area contributed by atoms with Gasteiger partial charge in [0.15, 0.2) is 0 Å². The van der Waals surface area contributed by atoms with Gasteiger partial charge in [-0.15, -0.1) is 4.91 Å². The molecule has 1 rings (SSSR count). The zero-order valence-electron chi connectivity index (χ0n) is 6.24. The smallest absolute Gasteiger partial charge is 0.113 e. The summed E-state index contributed by atoms with van der Waals surface area (Å²) in [7, 11) is 0. The summed E-state index contributed by atoms with van der Waals surface area (Å²) in [4.78, 5) is 10.2. The van der Waals surface area contributed by atoms with Crippen molar-refractivity contribution in [3.05, 3.63) is 34.2 Å². The lowest BCUT2D eigenvalue weighted by molar-refractivity contribution is 0.281. The molecule has 1 aromatic rings. The fourth-order valence-corrected chi connectivity index (χ4v) is 0.978. The van der Waals surface area contributed by atoms with Gasteiger partial charge in [-0.05, 0) is 23.7 Å². The summed E-state index contributed by atoms with van der Waals surface area (Å²) in [6.07, 6.45) is 0. The monoisotopic (exact) mass is 151 g/mol. The van der Waals surface area contributed by atoms with Crippen LogP contribution in [0.2, 0.25) is 0 Å². The van der Waals surface area contributed by atoms with Gasteiger partial charge in [0, 0.05) is 5.56 Å². The van der Waals surface area contributed by atoms with E-state index in [0.717, 1.165) is 5.56 Å². The van der Waals surface area contributed by atoms with Crippen LogP contribution in [0.5, 0.6) is 0 Å². The lowest BCUT2D eigenvalue weighted by atomic mass is 10.1. The molecule has 0 unspecified atom stereocenters. The van der Waals surface area contributed by atoms with Crippen molar-refractivity contribution in [1.82, 2.24) is 0 Å². The molecule has 3 nitrogen and oxygen atoms in total. The summed E-state index contributed by atoms with van der Waals surface area (Å²) in [5.41, 5.74) is 1.83. The van der Waals surface area contributed by atoms with Crippen molar-refractivity contribution >= 4 is 5.69 Å². The minimum Gasteiger partial charge on any atom is -0.392 e. The zero-order valence-corrected chi connectivity index (χ0v) is 6.24. The zero-order chi connectivity index (χ0) is 8.27. The maximum absolute atomic E-state index is 10.2. The van der Waals surface area contributed by atoms with Crippen molar-refractivity contribution in [2.75, 3.05) is 0 Å². The predicted octanol–water partition coefficient (Wildman–Crippen LogP) is 1.89. The first-order chi connectivity index (χ1) is 5.29. The number of hydrogen-bond acceptors (Lipinski definition) is 3. The van der Waals surface area contributed by atoms with Gasteiger partial charge in [-0.1, -0.05) is 12.1 Å². The molecule has 0 saturated heterocycles. The van der Waals surface area contributed by atoms with Gasteiger partial charge in [0.25, 0.3) is 0 Å². The fraction of sp³-hybridized carbons (Fsp3) is 0.250. The normalized spacial score (nSPS) is 9.64. The van der Waals surface area contributed by atoms with E-state index in [1.165, 1.54) is 0 Å². The molecule has 0 bridgehead atoms. The van der Waals surface area contributed by atoms with E-state index in [1.807, 2.05) is 13.0 Å². The van der Waals surface area contributed by atoms with E-state index in [4.69, 9.17) is 5.11 Å². The van der Waals surface area contributed by atoms with Gasteiger partial charge in [0.1, 0.15) is 5.69 Å². The molecule has 1 N–H and O–H groups in total. The number of rotatable bonds is 2. The van der Waals surface area contributed by atoms with E-state index in [9.17, 15) is 4.91 Å². The van der Waals surface area contributed by atoms with Gasteiger partial charge in [-0.2, -0.15) is 0 Å². The van der Waals surface area contributed by atoms with Crippen LogP contribution in [0.15, 0.2) is 23.4 Å². The standard InChI is InChI=1S/C8H9NO2/c1-6-3-2-4-8(9-11)7(6)5-10/h2-4,10H,5H2,1H3. The maximum Gasteiger partial charge on any atom is 0.113 e. The van der Waals surface area contributed by atoms with Gasteiger partial charge in [-0.3, -0.25) is 0 Å². The molecule has 3 heteroatoms. The summed E-state index contributed by atoms with van der Waals surface area (Å²) in [5.74, 6) is 0. The highest BCUT2D eigenvalue weighted by Gasteiger charge is 2.02. The van der Waals surface area contributed by atoms with Crippen molar-refractivity contribution in [2.24, 2.45) is 5.18 Å². The Morgan fingerprint density at radius 3 is 2.73 bits per heavy atom. The number of nitroso groups, excluding NO2 is 1. The van der Waals surface area contributed by atoms with E-state index < -0.39 is 0 Å². The first-order valence-electron chi connectivity index (χ1n) is 3.32. The first-order valence-corrected chi connectivity index (χ1v) is 3.32. The third kappa shape index (κ3) is 1.43. The lowest BCUT2D eigenvalue weighted by Crippen LogP contribution is -1.87. The van der Waals surface area contributed by atoms with Crippen LogP contribution in [0.1, 0.15) is 11.1 Å². The van der Waals surface area contributed by atoms with Crippen LogP contribution in [0.25, 0.3) is 0 Å². The number of benzene rings is 1. The Bertz CT molecular complexity index is 271. The molecule has 0 amide bonds. The Morgan fingerprint density at radius 2 is 2.27 bits per heavy atom. The highest BCUT2D eigenvalue weighted by Crippen LogP contribution is 2.21. The van der Waals surface area contributed by atoms with Crippen LogP contribution < -0.4 is 0 Å². The van der Waals surface area contributed by atoms with E-state index in [0.29, 0.717) is 11.3 Å². The van der Waals surface area contributed by atoms with Crippen molar-refractivity contribution in [2.45, 2.75) is 13.5 Å². The Hall–Kier alpha value is -1.22. The number of aryl methyl sites for hydroxylation is 1. The van der Waals surface area contributed by atoms with Crippen LogP contribution in [0, 0.1) is 11.8 Å². The van der Waals surface area contributed by atoms with Gasteiger partial charge in [0.2, 0.25) is 0 Å². The molecule has 0 spiro atoms. The van der Waals surface area contributed by atoms with Gasteiger partial charge in [-0.25, -0.2) is 0 Å². The van der Waals surface area contributed by atoms with Crippen molar-refractivity contribution in [1.29, 1.82) is 0 Å². The summed E-state index contributed by atoms with van der Waals surface area (Å²) in [6, 6.07) is 5.16. The molecule has 0 atom stereocenters. The highest BCUT2D eigenvalue weighted by molar-refractivity contribution is 5.49. The molecule has 0 radical (unpaired) electrons. The van der Waals surface area contributed by atoms with E-state index in [2.05, 4.69) is 5.18 Å². The number of aliphatic hydroxyl groups is 1. The summed E-state index contributed by atoms with van der Waals surface area (Å²) < 4.78 is 0. The van der Waals surface area contributed by atoms with Crippen molar-refractivity contribution in [3.63, 3.8) is 0 Å². The molecule has 0 saturated carbocycles. The second kappa shape index (κ2) is 3.25. The van der Waals surface area contributed by atoms with Crippen LogP contribution in [0.3, 0.4) is 0 Å². The van der Waals surface area contributed by atoms with Gasteiger partial charge >= 0.3 is 0 Å². The molecule has 0 aliphatic carbocycles. The third-order valence-corrected chi connectivity index (χ3v) is 1.64. The third-order valence-electron chi connectivity index (χ3n) is 1.64. The van der Waals surface area contributed by atoms with Crippen LogP contribution in [-0.2, 0) is 6.61 Å². The molecular weight excluding hydrogens is 142 g/mol. The summed E-state index contributed by atoms with van der Waals surface area (Å²) in [6.45, 7) is 1.70.